The molecule has 4 heterocycles. The third-order valence-corrected chi connectivity index (χ3v) is 15.3. The van der Waals surface area contributed by atoms with Crippen molar-refractivity contribution in [1.29, 1.82) is 5.26 Å². The van der Waals surface area contributed by atoms with Crippen molar-refractivity contribution >= 4 is 35.5 Å². The van der Waals surface area contributed by atoms with Crippen molar-refractivity contribution in [2.75, 3.05) is 84.4 Å². The Balaban J connectivity index is 0.821. The first-order valence-electron chi connectivity index (χ1n) is 25.5. The minimum absolute atomic E-state index is 0.0531. The number of nitriles is 1. The number of rotatable bonds is 23. The molecule has 0 spiro atoms. The number of aryl methyl sites for hydroxylation is 2. The van der Waals surface area contributed by atoms with Crippen LogP contribution in [0.15, 0.2) is 42.7 Å². The number of methoxy groups -OCH3 is 1. The third-order valence-electron chi connectivity index (χ3n) is 15.3. The molecule has 2 aliphatic carbocycles. The molecule has 19 heteroatoms. The molecule has 2 saturated heterocycles. The van der Waals surface area contributed by atoms with Crippen molar-refractivity contribution in [2.24, 2.45) is 16.7 Å². The smallest absolute Gasteiger partial charge is 0.262 e. The van der Waals surface area contributed by atoms with E-state index in [0.717, 1.165) is 67.9 Å². The summed E-state index contributed by atoms with van der Waals surface area (Å²) in [5.41, 5.74) is 2.43. The molecular formula is C54H70N8O11. The SMILES string of the molecule is COCCOCCOCCOCCN(CC1CCN(c2ncc(C(=O)NC3C(C)(C)C(Oc4cc(C)c(C#N)c(C)c4)C3(C)C)cn2)CC1)C1CC(Oc2ccc3c(c2)C(=O)N([C@@H]2CCC(=O)NC2=O)C3=O)C1. The molecule has 4 fully saturated rings. The number of nitrogens with one attached hydrogen (secondary N) is 2. The number of carbonyl (C=O) groups excluding carboxylic acids is 5. The number of anilines is 1. The lowest BCUT2D eigenvalue weighted by Crippen LogP contribution is -2.74. The first-order valence-corrected chi connectivity index (χ1v) is 25.5. The number of carbonyl (C=O) groups is 5. The van der Waals surface area contributed by atoms with Crippen LogP contribution in [0.25, 0.3) is 0 Å². The standard InChI is InChI=1S/C54H70N8O11/c1-33-24-39(25-34(2)43(33)29-55)73-51-53(3,4)50(54(51,5)6)59-46(64)36-30-56-52(57-31-36)60-14-12-35(13-15-60)32-61(16-17-69-20-21-71-23-22-70-19-18-68-7)37-26-40(27-37)72-38-8-9-41-42(28-38)49(67)62(48(41)66)44-10-11-45(63)58-47(44)65/h8-9,24-25,28,30-31,35,37,40,44,50-51H,10-23,26-27,32H2,1-7H3,(H,59,64)(H,58,63,65)/t37?,40?,44-,50?,51?/m1/s1. The zero-order valence-electron chi connectivity index (χ0n) is 43.2. The van der Waals surface area contributed by atoms with Crippen molar-refractivity contribution < 1.29 is 52.4 Å². The maximum atomic E-state index is 13.7. The molecule has 392 valence electrons. The lowest BCUT2D eigenvalue weighted by Gasteiger charge is -2.63. The predicted octanol–water partition coefficient (Wildman–Crippen LogP) is 4.80. The van der Waals surface area contributed by atoms with E-state index in [1.807, 2.05) is 26.0 Å². The minimum atomic E-state index is -1.03. The van der Waals surface area contributed by atoms with E-state index in [0.29, 0.717) is 80.7 Å². The van der Waals surface area contributed by atoms with Crippen LogP contribution in [0.4, 0.5) is 5.95 Å². The molecule has 0 unspecified atom stereocenters. The van der Waals surface area contributed by atoms with Gasteiger partial charge in [0.15, 0.2) is 0 Å². The Hall–Kier alpha value is -6.04. The quantitative estimate of drug-likeness (QED) is 0.0961. The third kappa shape index (κ3) is 11.8. The fourth-order valence-corrected chi connectivity index (χ4v) is 11.5. The Morgan fingerprint density at radius 2 is 1.44 bits per heavy atom. The zero-order chi connectivity index (χ0) is 52.0. The Bertz CT molecular complexity index is 2510. The minimum Gasteiger partial charge on any atom is -0.490 e. The lowest BCUT2D eigenvalue weighted by molar-refractivity contribution is -0.164. The van der Waals surface area contributed by atoms with Gasteiger partial charge in [0.05, 0.1) is 74.6 Å². The number of hydrogen-bond acceptors (Lipinski definition) is 16. The number of ether oxygens (including phenoxy) is 6. The van der Waals surface area contributed by atoms with Gasteiger partial charge in [-0.05, 0) is 80.5 Å². The van der Waals surface area contributed by atoms with Gasteiger partial charge in [0.25, 0.3) is 17.7 Å². The van der Waals surface area contributed by atoms with Crippen molar-refractivity contribution in [2.45, 2.75) is 110 Å². The molecule has 5 amide bonds. The highest BCUT2D eigenvalue weighted by Crippen LogP contribution is 2.55. The van der Waals surface area contributed by atoms with Gasteiger partial charge in [0.1, 0.15) is 29.7 Å². The fraction of sp³-hybridized carbons (Fsp3) is 0.593. The molecule has 0 radical (unpaired) electrons. The summed E-state index contributed by atoms with van der Waals surface area (Å²) in [6.45, 7) is 18.9. The van der Waals surface area contributed by atoms with Crippen LogP contribution in [-0.4, -0.2) is 159 Å². The normalized spacial score (nSPS) is 23.4. The second-order valence-electron chi connectivity index (χ2n) is 21.1. The average Bonchev–Trinajstić information content (AvgIpc) is 3.59. The number of imide groups is 2. The van der Waals surface area contributed by atoms with E-state index < -0.39 is 29.7 Å². The summed E-state index contributed by atoms with van der Waals surface area (Å²) in [6.07, 6.45) is 6.49. The van der Waals surface area contributed by atoms with Crippen LogP contribution in [0.2, 0.25) is 0 Å². The predicted molar refractivity (Wildman–Crippen MR) is 267 cm³/mol. The summed E-state index contributed by atoms with van der Waals surface area (Å²) in [5, 5.41) is 15.0. The molecule has 3 aliphatic heterocycles. The van der Waals surface area contributed by atoms with Crippen molar-refractivity contribution in [3.05, 3.63) is 76.1 Å². The molecule has 8 rings (SSSR count). The molecule has 1 aromatic heterocycles. The monoisotopic (exact) mass is 1010 g/mol. The highest BCUT2D eigenvalue weighted by Gasteiger charge is 2.64. The molecule has 19 nitrogen and oxygen atoms in total. The Kier molecular flexibility index (Phi) is 16.8. The number of aromatic nitrogens is 2. The number of benzene rings is 2. The molecule has 73 heavy (non-hydrogen) atoms. The number of amides is 5. The maximum absolute atomic E-state index is 13.7. The van der Waals surface area contributed by atoms with Gasteiger partial charge in [-0.15, -0.1) is 0 Å². The molecule has 2 aromatic carbocycles. The summed E-state index contributed by atoms with van der Waals surface area (Å²) >= 11 is 0. The van der Waals surface area contributed by atoms with Gasteiger partial charge in [-0.3, -0.25) is 39.1 Å². The molecule has 3 aromatic rings. The molecule has 0 bridgehead atoms. The summed E-state index contributed by atoms with van der Waals surface area (Å²) in [6, 6.07) is 9.96. The lowest BCUT2D eigenvalue weighted by atomic mass is 9.49. The molecule has 2 saturated carbocycles. The summed E-state index contributed by atoms with van der Waals surface area (Å²) in [5.74, 6) is -0.219. The summed E-state index contributed by atoms with van der Waals surface area (Å²) < 4.78 is 35.1. The van der Waals surface area contributed by atoms with E-state index in [2.05, 4.69) is 64.2 Å². The zero-order valence-corrected chi connectivity index (χ0v) is 43.2. The Labute approximate surface area is 427 Å². The number of fused-ring (bicyclic) bond motifs is 1. The average molecular weight is 1010 g/mol. The Morgan fingerprint density at radius 3 is 2.05 bits per heavy atom. The summed E-state index contributed by atoms with van der Waals surface area (Å²) in [7, 11) is 1.64. The number of piperidine rings is 2. The second kappa shape index (κ2) is 23.0. The van der Waals surface area contributed by atoms with E-state index in [9.17, 15) is 29.2 Å². The first-order chi connectivity index (χ1) is 35.0. The first kappa shape index (κ1) is 53.3. The second-order valence-corrected chi connectivity index (χ2v) is 21.1. The van der Waals surface area contributed by atoms with Gasteiger partial charge < -0.3 is 38.6 Å². The topological polar surface area (TPSA) is 224 Å². The van der Waals surface area contributed by atoms with Crippen LogP contribution in [0.3, 0.4) is 0 Å². The van der Waals surface area contributed by atoms with Crippen molar-refractivity contribution in [3.8, 4) is 17.6 Å². The van der Waals surface area contributed by atoms with Gasteiger partial charge >= 0.3 is 0 Å². The molecule has 2 N–H and O–H groups in total. The van der Waals surface area contributed by atoms with Crippen LogP contribution in [-0.2, 0) is 28.5 Å². The van der Waals surface area contributed by atoms with Gasteiger partial charge in [-0.1, -0.05) is 27.7 Å². The van der Waals surface area contributed by atoms with Crippen molar-refractivity contribution in [1.82, 2.24) is 30.4 Å². The van der Waals surface area contributed by atoms with Crippen LogP contribution in [0.5, 0.6) is 11.5 Å². The van der Waals surface area contributed by atoms with Crippen LogP contribution in [0.1, 0.15) is 114 Å². The van der Waals surface area contributed by atoms with Crippen LogP contribution < -0.4 is 25.0 Å². The maximum Gasteiger partial charge on any atom is 0.262 e. The van der Waals surface area contributed by atoms with Gasteiger partial charge in [0, 0.05) is 87.9 Å². The van der Waals surface area contributed by atoms with Gasteiger partial charge in [-0.2, -0.15) is 5.26 Å². The summed E-state index contributed by atoms with van der Waals surface area (Å²) in [4.78, 5) is 79.5. The fourth-order valence-electron chi connectivity index (χ4n) is 11.5. The molecule has 1 atom stereocenters. The van der Waals surface area contributed by atoms with Gasteiger partial charge in [-0.25, -0.2) is 9.97 Å². The number of hydrogen-bond donors (Lipinski definition) is 2. The van der Waals surface area contributed by atoms with Crippen molar-refractivity contribution in [3.63, 3.8) is 0 Å². The highest BCUT2D eigenvalue weighted by atomic mass is 16.6. The van der Waals surface area contributed by atoms with E-state index in [-0.39, 0.29) is 65.0 Å². The van der Waals surface area contributed by atoms with E-state index >= 15 is 0 Å². The van der Waals surface area contributed by atoms with Gasteiger partial charge in [0.2, 0.25) is 17.8 Å². The Morgan fingerprint density at radius 1 is 0.822 bits per heavy atom. The van der Waals surface area contributed by atoms with E-state index in [1.165, 1.54) is 0 Å². The van der Waals surface area contributed by atoms with E-state index in [1.54, 1.807) is 37.7 Å². The van der Waals surface area contributed by atoms with Crippen LogP contribution in [0, 0.1) is 41.9 Å². The van der Waals surface area contributed by atoms with Crippen LogP contribution >= 0.6 is 0 Å². The highest BCUT2D eigenvalue weighted by molar-refractivity contribution is 6.23. The molecule has 5 aliphatic rings. The van der Waals surface area contributed by atoms with E-state index in [4.69, 9.17) is 28.4 Å². The largest absolute Gasteiger partial charge is 0.490 e. The number of nitrogens with zero attached hydrogens (tertiary/aromatic N) is 6. The molecular weight excluding hydrogens is 937 g/mol.